The second-order valence-corrected chi connectivity index (χ2v) is 9.26. The maximum absolute atomic E-state index is 14.0. The summed E-state index contributed by atoms with van der Waals surface area (Å²) in [4.78, 5) is 12.7. The van der Waals surface area contributed by atoms with Gasteiger partial charge in [-0.25, -0.2) is 12.8 Å². The van der Waals surface area contributed by atoms with E-state index >= 15 is 0 Å². The summed E-state index contributed by atoms with van der Waals surface area (Å²) in [7, 11) is -2.33. The van der Waals surface area contributed by atoms with Gasteiger partial charge in [0.25, 0.3) is 5.91 Å². The number of nitrogens with zero attached hydrogens (tertiary/aromatic N) is 1. The molecule has 6 nitrogen and oxygen atoms in total. The summed E-state index contributed by atoms with van der Waals surface area (Å²) < 4.78 is 47.0. The number of rotatable bonds is 5. The second-order valence-electron chi connectivity index (χ2n) is 6.41. The average Bonchev–Trinajstić information content (AvgIpc) is 2.70. The van der Waals surface area contributed by atoms with Crippen molar-refractivity contribution in [2.24, 2.45) is 0 Å². The number of hydrogen-bond acceptors (Lipinski definition) is 4. The summed E-state index contributed by atoms with van der Waals surface area (Å²) in [6, 6.07) is 8.35. The molecule has 3 rings (SSSR count). The van der Waals surface area contributed by atoms with Crippen LogP contribution in [0.25, 0.3) is 0 Å². The van der Waals surface area contributed by atoms with Crippen molar-refractivity contribution in [1.29, 1.82) is 0 Å². The van der Waals surface area contributed by atoms with Crippen LogP contribution in [0.4, 0.5) is 10.1 Å². The molecule has 0 aliphatic carbocycles. The smallest absolute Gasteiger partial charge is 0.259 e. The summed E-state index contributed by atoms with van der Waals surface area (Å²) in [6.45, 7) is 0.917. The molecule has 0 radical (unpaired) electrons. The molecular weight excluding hydrogens is 451 g/mol. The molecule has 1 amide bonds. The van der Waals surface area contributed by atoms with E-state index in [1.54, 1.807) is 6.07 Å². The normalized spacial score (nSPS) is 15.2. The Labute approximate surface area is 171 Å². The van der Waals surface area contributed by atoms with E-state index in [1.807, 2.05) is 0 Å². The van der Waals surface area contributed by atoms with Crippen molar-refractivity contribution in [3.63, 3.8) is 0 Å². The number of halogens is 2. The number of nitrogens with one attached hydrogen (secondary N) is 1. The first-order valence-corrected chi connectivity index (χ1v) is 11.0. The van der Waals surface area contributed by atoms with E-state index in [9.17, 15) is 17.6 Å². The second kappa shape index (κ2) is 8.59. The van der Waals surface area contributed by atoms with Gasteiger partial charge in [-0.05, 0) is 49.2 Å². The van der Waals surface area contributed by atoms with E-state index in [1.165, 1.54) is 41.7 Å². The fourth-order valence-electron chi connectivity index (χ4n) is 3.06. The molecule has 2 aromatic carbocycles. The fraction of sp³-hybridized carbons (Fsp3) is 0.316. The monoisotopic (exact) mass is 470 g/mol. The first-order valence-electron chi connectivity index (χ1n) is 8.77. The van der Waals surface area contributed by atoms with E-state index in [4.69, 9.17) is 4.74 Å². The Hall–Kier alpha value is -1.97. The largest absolute Gasteiger partial charge is 0.496 e. The topological polar surface area (TPSA) is 75.7 Å². The number of sulfonamides is 1. The highest BCUT2D eigenvalue weighted by atomic mass is 79.9. The highest BCUT2D eigenvalue weighted by Gasteiger charge is 2.27. The molecule has 150 valence electrons. The molecule has 1 aliphatic heterocycles. The van der Waals surface area contributed by atoms with Gasteiger partial charge in [0, 0.05) is 17.6 Å². The number of ether oxygens (including phenoxy) is 1. The van der Waals surface area contributed by atoms with Crippen molar-refractivity contribution in [2.45, 2.75) is 24.2 Å². The Balaban J connectivity index is 1.93. The van der Waals surface area contributed by atoms with Crippen LogP contribution in [-0.4, -0.2) is 38.8 Å². The van der Waals surface area contributed by atoms with Crippen LogP contribution in [0.15, 0.2) is 45.8 Å². The molecule has 1 saturated heterocycles. The summed E-state index contributed by atoms with van der Waals surface area (Å²) in [5, 5.41) is 2.46. The molecule has 1 N–H and O–H groups in total. The Bertz CT molecular complexity index is 991. The Kier molecular flexibility index (Phi) is 6.36. The number of anilines is 1. The number of benzene rings is 2. The molecular formula is C19H20BrFN2O4S. The molecule has 0 saturated carbocycles. The maximum Gasteiger partial charge on any atom is 0.259 e. The molecule has 1 aliphatic rings. The molecule has 0 atom stereocenters. The van der Waals surface area contributed by atoms with Crippen molar-refractivity contribution in [2.75, 3.05) is 25.5 Å². The summed E-state index contributed by atoms with van der Waals surface area (Å²) in [5.41, 5.74) is 0.00227. The molecule has 0 unspecified atom stereocenters. The quantitative estimate of drug-likeness (QED) is 0.715. The van der Waals surface area contributed by atoms with Gasteiger partial charge < -0.3 is 10.1 Å². The summed E-state index contributed by atoms with van der Waals surface area (Å²) in [6.07, 6.45) is 2.62. The van der Waals surface area contributed by atoms with Gasteiger partial charge in [-0.1, -0.05) is 22.4 Å². The Morgan fingerprint density at radius 1 is 1.14 bits per heavy atom. The van der Waals surface area contributed by atoms with E-state index < -0.39 is 21.7 Å². The minimum atomic E-state index is -3.71. The third kappa shape index (κ3) is 4.37. The number of amides is 1. The van der Waals surface area contributed by atoms with Crippen LogP contribution < -0.4 is 10.1 Å². The number of hydrogen-bond donors (Lipinski definition) is 1. The van der Waals surface area contributed by atoms with E-state index in [2.05, 4.69) is 21.2 Å². The molecule has 1 heterocycles. The lowest BCUT2D eigenvalue weighted by Crippen LogP contribution is -2.35. The van der Waals surface area contributed by atoms with E-state index in [0.29, 0.717) is 17.6 Å². The molecule has 28 heavy (non-hydrogen) atoms. The van der Waals surface area contributed by atoms with Gasteiger partial charge in [0.05, 0.1) is 23.3 Å². The molecule has 1 fully saturated rings. The van der Waals surface area contributed by atoms with Gasteiger partial charge >= 0.3 is 0 Å². The van der Waals surface area contributed by atoms with Gasteiger partial charge in [0.2, 0.25) is 10.0 Å². The van der Waals surface area contributed by atoms with Gasteiger partial charge in [-0.3, -0.25) is 4.79 Å². The lowest BCUT2D eigenvalue weighted by Gasteiger charge is -2.26. The zero-order chi connectivity index (χ0) is 20.3. The fourth-order valence-corrected chi connectivity index (χ4v) is 4.94. The summed E-state index contributed by atoms with van der Waals surface area (Å²) >= 11 is 3.16. The summed E-state index contributed by atoms with van der Waals surface area (Å²) in [5.74, 6) is -1.07. The minimum absolute atomic E-state index is 0.0108. The van der Waals surface area contributed by atoms with Crippen LogP contribution >= 0.6 is 15.9 Å². The van der Waals surface area contributed by atoms with Crippen LogP contribution in [0.1, 0.15) is 29.6 Å². The highest BCUT2D eigenvalue weighted by molar-refractivity contribution is 9.10. The molecule has 0 spiro atoms. The number of carbonyl (C=O) groups excluding carboxylic acids is 1. The first-order chi connectivity index (χ1) is 13.3. The number of piperidine rings is 1. The van der Waals surface area contributed by atoms with Crippen LogP contribution in [0.2, 0.25) is 0 Å². The zero-order valence-corrected chi connectivity index (χ0v) is 17.6. The van der Waals surface area contributed by atoms with Crippen molar-refractivity contribution in [3.05, 3.63) is 52.3 Å². The van der Waals surface area contributed by atoms with Gasteiger partial charge in [0.1, 0.15) is 11.6 Å². The first kappa shape index (κ1) is 20.8. The van der Waals surface area contributed by atoms with Crippen LogP contribution in [0.5, 0.6) is 5.75 Å². The van der Waals surface area contributed by atoms with Crippen molar-refractivity contribution < 1.29 is 22.3 Å². The standard InChI is InChI=1S/C19H20BrFN2O4S/c1-27-18-8-6-14(28(25,26)23-9-3-2-4-10-23)12-15(18)19(24)22-17-7-5-13(20)11-16(17)21/h5-8,11-12H,2-4,9-10H2,1H3,(H,22,24). The average molecular weight is 471 g/mol. The van der Waals surface area contributed by atoms with Gasteiger partial charge in [-0.15, -0.1) is 0 Å². The predicted octanol–water partition coefficient (Wildman–Crippen LogP) is 4.02. The van der Waals surface area contributed by atoms with Crippen LogP contribution in [-0.2, 0) is 10.0 Å². The zero-order valence-electron chi connectivity index (χ0n) is 15.2. The van der Waals surface area contributed by atoms with Crippen molar-refractivity contribution in [1.82, 2.24) is 4.31 Å². The Morgan fingerprint density at radius 2 is 1.86 bits per heavy atom. The third-order valence-corrected chi connectivity index (χ3v) is 6.94. The van der Waals surface area contributed by atoms with E-state index in [0.717, 1.165) is 19.3 Å². The highest BCUT2D eigenvalue weighted by Crippen LogP contribution is 2.28. The lowest BCUT2D eigenvalue weighted by molar-refractivity contribution is 0.102. The Morgan fingerprint density at radius 3 is 2.50 bits per heavy atom. The van der Waals surface area contributed by atoms with Crippen molar-refractivity contribution in [3.8, 4) is 5.75 Å². The molecule has 0 aromatic heterocycles. The molecule has 2 aromatic rings. The van der Waals surface area contributed by atoms with Crippen LogP contribution in [0.3, 0.4) is 0 Å². The number of methoxy groups -OCH3 is 1. The van der Waals surface area contributed by atoms with Crippen LogP contribution in [0, 0.1) is 5.82 Å². The third-order valence-electron chi connectivity index (χ3n) is 4.55. The van der Waals surface area contributed by atoms with Gasteiger partial charge in [0.15, 0.2) is 0 Å². The SMILES string of the molecule is COc1ccc(S(=O)(=O)N2CCCCC2)cc1C(=O)Nc1ccc(Br)cc1F. The number of carbonyl (C=O) groups is 1. The maximum atomic E-state index is 14.0. The van der Waals surface area contributed by atoms with E-state index in [-0.39, 0.29) is 21.9 Å². The molecule has 9 heteroatoms. The minimum Gasteiger partial charge on any atom is -0.496 e. The van der Waals surface area contributed by atoms with Crippen molar-refractivity contribution >= 4 is 37.5 Å². The van der Waals surface area contributed by atoms with Gasteiger partial charge in [-0.2, -0.15) is 4.31 Å². The molecule has 0 bridgehead atoms. The lowest BCUT2D eigenvalue weighted by atomic mass is 10.1. The predicted molar refractivity (Wildman–Crippen MR) is 108 cm³/mol.